The highest BCUT2D eigenvalue weighted by atomic mass is 32.2. The molecule has 8 heteroatoms. The number of nitrogens with zero attached hydrogens (tertiary/aromatic N) is 4. The van der Waals surface area contributed by atoms with Gasteiger partial charge in [0.25, 0.3) is 0 Å². The Morgan fingerprint density at radius 2 is 1.62 bits per heavy atom. The summed E-state index contributed by atoms with van der Waals surface area (Å²) in [7, 11) is 1.84. The molecule has 174 valence electrons. The number of nitrogens with one attached hydrogen (secondary N) is 1. The Hall–Kier alpha value is -3.65. The van der Waals surface area contributed by atoms with Crippen LogP contribution in [-0.4, -0.2) is 32.5 Å². The van der Waals surface area contributed by atoms with Gasteiger partial charge in [-0.3, -0.25) is 4.79 Å². The normalized spacial score (nSPS) is 11.0. The first-order valence-corrected chi connectivity index (χ1v) is 11.9. The van der Waals surface area contributed by atoms with Crippen LogP contribution in [0.4, 0.5) is 21.5 Å². The van der Waals surface area contributed by atoms with Crippen molar-refractivity contribution in [2.24, 2.45) is 7.05 Å². The Labute approximate surface area is 202 Å². The number of benzene rings is 3. The molecular formula is C26H26FN5OS. The zero-order chi connectivity index (χ0) is 24.1. The summed E-state index contributed by atoms with van der Waals surface area (Å²) in [6.07, 6.45) is 0. The fourth-order valence-electron chi connectivity index (χ4n) is 3.61. The number of anilines is 3. The third kappa shape index (κ3) is 5.46. The van der Waals surface area contributed by atoms with Crippen molar-refractivity contribution >= 4 is 34.7 Å². The van der Waals surface area contributed by atoms with Crippen molar-refractivity contribution in [2.75, 3.05) is 16.0 Å². The van der Waals surface area contributed by atoms with Crippen LogP contribution < -0.4 is 10.2 Å². The molecular weight excluding hydrogens is 449 g/mol. The van der Waals surface area contributed by atoms with E-state index in [0.29, 0.717) is 11.0 Å². The van der Waals surface area contributed by atoms with Crippen molar-refractivity contribution in [3.8, 4) is 11.4 Å². The van der Waals surface area contributed by atoms with Gasteiger partial charge in [0.2, 0.25) is 5.91 Å². The molecule has 4 rings (SSSR count). The van der Waals surface area contributed by atoms with Crippen LogP contribution in [0.15, 0.2) is 84.0 Å². The molecule has 0 bridgehead atoms. The summed E-state index contributed by atoms with van der Waals surface area (Å²) in [6.45, 7) is 3.99. The van der Waals surface area contributed by atoms with E-state index in [1.165, 1.54) is 23.9 Å². The van der Waals surface area contributed by atoms with Gasteiger partial charge in [0.1, 0.15) is 5.82 Å². The standard InChI is InChI=1S/C26H26FN5OS/c1-18(2)32(23-15-13-22(14-16-23)28-21-7-5-4-6-8-21)24(33)17-34-26-30-29-25(31(26)3)19-9-11-20(27)12-10-19/h4-16,18,28H,17H2,1-3H3. The lowest BCUT2D eigenvalue weighted by molar-refractivity contribution is -0.116. The highest BCUT2D eigenvalue weighted by Crippen LogP contribution is 2.26. The third-order valence-corrected chi connectivity index (χ3v) is 6.26. The molecule has 1 heterocycles. The number of carbonyl (C=O) groups is 1. The zero-order valence-corrected chi connectivity index (χ0v) is 20.1. The average molecular weight is 476 g/mol. The van der Waals surface area contributed by atoms with Crippen molar-refractivity contribution in [1.82, 2.24) is 14.8 Å². The quantitative estimate of drug-likeness (QED) is 0.322. The molecule has 0 fully saturated rings. The summed E-state index contributed by atoms with van der Waals surface area (Å²) in [5.41, 5.74) is 3.56. The Balaban J connectivity index is 1.43. The van der Waals surface area contributed by atoms with E-state index in [9.17, 15) is 9.18 Å². The fourth-order valence-corrected chi connectivity index (χ4v) is 4.38. The van der Waals surface area contributed by atoms with Crippen LogP contribution in [0.3, 0.4) is 0 Å². The van der Waals surface area contributed by atoms with Crippen LogP contribution >= 0.6 is 11.8 Å². The third-order valence-electron chi connectivity index (χ3n) is 5.26. The Bertz CT molecular complexity index is 1240. The Kier molecular flexibility index (Phi) is 7.27. The van der Waals surface area contributed by atoms with Crippen molar-refractivity contribution in [2.45, 2.75) is 25.0 Å². The topological polar surface area (TPSA) is 63.1 Å². The van der Waals surface area contributed by atoms with E-state index in [1.54, 1.807) is 17.0 Å². The lowest BCUT2D eigenvalue weighted by Gasteiger charge is -2.27. The molecule has 1 amide bonds. The van der Waals surface area contributed by atoms with Crippen molar-refractivity contribution in [3.05, 3.63) is 84.7 Å². The van der Waals surface area contributed by atoms with Gasteiger partial charge in [-0.25, -0.2) is 4.39 Å². The van der Waals surface area contributed by atoms with Gasteiger partial charge < -0.3 is 14.8 Å². The maximum absolute atomic E-state index is 13.2. The Morgan fingerprint density at radius 1 is 0.971 bits per heavy atom. The van der Waals surface area contributed by atoms with Crippen molar-refractivity contribution < 1.29 is 9.18 Å². The van der Waals surface area contributed by atoms with E-state index in [-0.39, 0.29) is 23.5 Å². The van der Waals surface area contributed by atoms with E-state index in [1.807, 2.05) is 80.1 Å². The molecule has 0 radical (unpaired) electrons. The molecule has 0 aliphatic rings. The number of rotatable bonds is 8. The summed E-state index contributed by atoms with van der Waals surface area (Å²) in [4.78, 5) is 14.9. The number of carbonyl (C=O) groups excluding carboxylic acids is 1. The van der Waals surface area contributed by atoms with Crippen LogP contribution in [0.2, 0.25) is 0 Å². The highest BCUT2D eigenvalue weighted by Gasteiger charge is 2.21. The van der Waals surface area contributed by atoms with Crippen LogP contribution in [0.5, 0.6) is 0 Å². The minimum absolute atomic E-state index is 0.00435. The molecule has 0 aliphatic heterocycles. The summed E-state index contributed by atoms with van der Waals surface area (Å²) in [6, 6.07) is 23.9. The second-order valence-electron chi connectivity index (χ2n) is 8.06. The molecule has 0 saturated carbocycles. The number of aromatic nitrogens is 3. The minimum Gasteiger partial charge on any atom is -0.356 e. The number of hydrogen-bond donors (Lipinski definition) is 1. The second-order valence-corrected chi connectivity index (χ2v) is 9.00. The lowest BCUT2D eigenvalue weighted by Crippen LogP contribution is -2.38. The first-order chi connectivity index (χ1) is 16.4. The van der Waals surface area contributed by atoms with Gasteiger partial charge in [-0.2, -0.15) is 0 Å². The van der Waals surface area contributed by atoms with Gasteiger partial charge in [0.05, 0.1) is 5.75 Å². The zero-order valence-electron chi connectivity index (χ0n) is 19.3. The molecule has 4 aromatic rings. The molecule has 3 aromatic carbocycles. The summed E-state index contributed by atoms with van der Waals surface area (Å²) in [5, 5.41) is 12.4. The summed E-state index contributed by atoms with van der Waals surface area (Å²) < 4.78 is 15.0. The van der Waals surface area contributed by atoms with Gasteiger partial charge in [-0.15, -0.1) is 10.2 Å². The maximum Gasteiger partial charge on any atom is 0.237 e. The molecule has 0 saturated heterocycles. The molecule has 6 nitrogen and oxygen atoms in total. The number of halogens is 1. The molecule has 0 unspecified atom stereocenters. The van der Waals surface area contributed by atoms with Crippen LogP contribution in [0.25, 0.3) is 11.4 Å². The minimum atomic E-state index is -0.302. The van der Waals surface area contributed by atoms with Crippen molar-refractivity contribution in [1.29, 1.82) is 0 Å². The molecule has 1 N–H and O–H groups in total. The molecule has 1 aromatic heterocycles. The molecule has 0 atom stereocenters. The molecule has 0 spiro atoms. The average Bonchev–Trinajstić information content (AvgIpc) is 3.20. The fraction of sp³-hybridized carbons (Fsp3) is 0.192. The SMILES string of the molecule is CC(C)N(C(=O)CSc1nnc(-c2ccc(F)cc2)n1C)c1ccc(Nc2ccccc2)cc1. The molecule has 34 heavy (non-hydrogen) atoms. The van der Waals surface area contributed by atoms with Gasteiger partial charge >= 0.3 is 0 Å². The van der Waals surface area contributed by atoms with Crippen molar-refractivity contribution in [3.63, 3.8) is 0 Å². The highest BCUT2D eigenvalue weighted by molar-refractivity contribution is 7.99. The van der Waals surface area contributed by atoms with Gasteiger partial charge in [0, 0.05) is 35.7 Å². The van der Waals surface area contributed by atoms with E-state index in [4.69, 9.17) is 0 Å². The van der Waals surface area contributed by atoms with Crippen LogP contribution in [-0.2, 0) is 11.8 Å². The first kappa shape index (κ1) is 23.5. The summed E-state index contributed by atoms with van der Waals surface area (Å²) >= 11 is 1.33. The van der Waals surface area contributed by atoms with E-state index < -0.39 is 0 Å². The number of thioether (sulfide) groups is 1. The van der Waals surface area contributed by atoms with E-state index in [0.717, 1.165) is 22.6 Å². The van der Waals surface area contributed by atoms with Gasteiger partial charge in [-0.05, 0) is 74.5 Å². The largest absolute Gasteiger partial charge is 0.356 e. The maximum atomic E-state index is 13.2. The van der Waals surface area contributed by atoms with E-state index in [2.05, 4.69) is 15.5 Å². The number of hydrogen-bond acceptors (Lipinski definition) is 5. The number of amides is 1. The predicted octanol–water partition coefficient (Wildman–Crippen LogP) is 5.90. The lowest BCUT2D eigenvalue weighted by atomic mass is 10.2. The van der Waals surface area contributed by atoms with Gasteiger partial charge in [-0.1, -0.05) is 30.0 Å². The first-order valence-electron chi connectivity index (χ1n) is 10.9. The Morgan fingerprint density at radius 3 is 2.26 bits per heavy atom. The van der Waals surface area contributed by atoms with Crippen LogP contribution in [0.1, 0.15) is 13.8 Å². The predicted molar refractivity (Wildman–Crippen MR) is 136 cm³/mol. The smallest absolute Gasteiger partial charge is 0.237 e. The van der Waals surface area contributed by atoms with Gasteiger partial charge in [0.15, 0.2) is 11.0 Å². The summed E-state index contributed by atoms with van der Waals surface area (Å²) in [5.74, 6) is 0.522. The molecule has 0 aliphatic carbocycles. The number of para-hydroxylation sites is 1. The second kappa shape index (κ2) is 10.5. The monoisotopic (exact) mass is 475 g/mol. The van der Waals surface area contributed by atoms with E-state index >= 15 is 0 Å². The van der Waals surface area contributed by atoms with Crippen LogP contribution in [0, 0.1) is 5.82 Å².